The van der Waals surface area contributed by atoms with Crippen molar-refractivity contribution in [3.63, 3.8) is 0 Å². The van der Waals surface area contributed by atoms with E-state index in [0.717, 1.165) is 44.5 Å². The first-order chi connectivity index (χ1) is 13.6. The predicted molar refractivity (Wildman–Crippen MR) is 108 cm³/mol. The Balaban J connectivity index is 1.83. The number of likely N-dealkylation sites (N-methyl/N-ethyl adjacent to an activating group) is 1. The fourth-order valence-electron chi connectivity index (χ4n) is 3.48. The molecule has 1 fully saturated rings. The van der Waals surface area contributed by atoms with Crippen molar-refractivity contribution in [3.05, 3.63) is 66.2 Å². The van der Waals surface area contributed by atoms with Crippen molar-refractivity contribution in [1.82, 2.24) is 0 Å². The zero-order valence-corrected chi connectivity index (χ0v) is 16.0. The molecule has 0 unspecified atom stereocenters. The first-order valence-electron chi connectivity index (χ1n) is 9.55. The number of carboxylic acid groups (broad SMARTS) is 1. The van der Waals surface area contributed by atoms with Crippen molar-refractivity contribution < 1.29 is 19.6 Å². The van der Waals surface area contributed by atoms with E-state index in [2.05, 4.69) is 17.1 Å². The molecule has 0 spiro atoms. The number of aliphatic carboxylic acids is 1. The van der Waals surface area contributed by atoms with Crippen LogP contribution >= 0.6 is 0 Å². The third kappa shape index (κ3) is 4.78. The first-order valence-corrected chi connectivity index (χ1v) is 9.55. The van der Waals surface area contributed by atoms with E-state index in [1.54, 1.807) is 29.2 Å². The molecule has 0 aromatic heterocycles. The molecule has 6 nitrogen and oxygen atoms in total. The van der Waals surface area contributed by atoms with Crippen LogP contribution in [0.3, 0.4) is 0 Å². The molecule has 1 amide bonds. The lowest BCUT2D eigenvalue weighted by Crippen LogP contribution is -3.14. The van der Waals surface area contributed by atoms with E-state index in [0.29, 0.717) is 11.3 Å². The van der Waals surface area contributed by atoms with Crippen LogP contribution in [0.1, 0.15) is 12.5 Å². The zero-order chi connectivity index (χ0) is 19.9. The maximum Gasteiger partial charge on any atom is 0.256 e. The van der Waals surface area contributed by atoms with Crippen molar-refractivity contribution in [2.45, 2.75) is 6.92 Å². The van der Waals surface area contributed by atoms with Gasteiger partial charge >= 0.3 is 0 Å². The van der Waals surface area contributed by atoms with Crippen LogP contribution in [0.15, 0.2) is 60.7 Å². The van der Waals surface area contributed by atoms with Crippen LogP contribution in [-0.2, 0) is 9.59 Å². The summed E-state index contributed by atoms with van der Waals surface area (Å²) < 4.78 is 0. The molecule has 1 saturated heterocycles. The summed E-state index contributed by atoms with van der Waals surface area (Å²) in [5.74, 6) is -1.87. The lowest BCUT2D eigenvalue weighted by Gasteiger charge is -2.34. The molecule has 3 rings (SSSR count). The average Bonchev–Trinajstić information content (AvgIpc) is 2.73. The van der Waals surface area contributed by atoms with Gasteiger partial charge in [0.25, 0.3) is 5.91 Å². The summed E-state index contributed by atoms with van der Waals surface area (Å²) in [6.45, 7) is 7.23. The Morgan fingerprint density at radius 1 is 1.07 bits per heavy atom. The van der Waals surface area contributed by atoms with E-state index < -0.39 is 11.9 Å². The number of carbonyl (C=O) groups excluding carboxylic acids is 2. The summed E-state index contributed by atoms with van der Waals surface area (Å²) in [6, 6.07) is 16.4. The number of carbonyl (C=O) groups is 2. The van der Waals surface area contributed by atoms with E-state index in [1.807, 2.05) is 30.3 Å². The molecule has 1 aliphatic rings. The minimum atomic E-state index is -1.40. The smallest absolute Gasteiger partial charge is 0.256 e. The number of nitrogens with zero attached hydrogens (tertiary/aromatic N) is 1. The summed E-state index contributed by atoms with van der Waals surface area (Å²) >= 11 is 0. The second-order valence-electron chi connectivity index (χ2n) is 6.80. The molecule has 146 valence electrons. The first kappa shape index (κ1) is 19.6. The number of quaternary nitrogens is 1. The number of piperazine rings is 1. The van der Waals surface area contributed by atoms with Crippen LogP contribution in [0.2, 0.25) is 0 Å². The molecule has 2 N–H and O–H groups in total. The van der Waals surface area contributed by atoms with E-state index in [-0.39, 0.29) is 5.57 Å². The third-order valence-corrected chi connectivity index (χ3v) is 5.06. The number of nitrogens with one attached hydrogen (secondary N) is 2. The van der Waals surface area contributed by atoms with Gasteiger partial charge in [-0.3, -0.25) is 4.79 Å². The van der Waals surface area contributed by atoms with Gasteiger partial charge in [0, 0.05) is 5.57 Å². The second-order valence-corrected chi connectivity index (χ2v) is 6.80. The number of hydrogen-bond donors (Lipinski definition) is 2. The Bertz CT molecular complexity index is 856. The number of hydrogen-bond acceptors (Lipinski definition) is 4. The van der Waals surface area contributed by atoms with Gasteiger partial charge in [-0.05, 0) is 30.7 Å². The molecule has 0 aliphatic carbocycles. The number of para-hydroxylation sites is 2. The molecular weight excluding hydrogens is 354 g/mol. The quantitative estimate of drug-likeness (QED) is 0.703. The summed E-state index contributed by atoms with van der Waals surface area (Å²) in [5.41, 5.74) is 2.22. The number of benzene rings is 2. The topological polar surface area (TPSA) is 76.9 Å². The molecule has 6 heteroatoms. The van der Waals surface area contributed by atoms with E-state index in [4.69, 9.17) is 0 Å². The van der Waals surface area contributed by atoms with Crippen molar-refractivity contribution in [2.24, 2.45) is 0 Å². The number of rotatable bonds is 6. The van der Waals surface area contributed by atoms with Gasteiger partial charge in [0.15, 0.2) is 0 Å². The normalized spacial score (nSPS) is 15.3. The molecule has 28 heavy (non-hydrogen) atoms. The fraction of sp³-hybridized carbons (Fsp3) is 0.273. The summed E-state index contributed by atoms with van der Waals surface area (Å²) in [7, 11) is 0. The van der Waals surface area contributed by atoms with Crippen molar-refractivity contribution in [3.8, 4) is 0 Å². The van der Waals surface area contributed by atoms with Crippen LogP contribution in [0.5, 0.6) is 0 Å². The molecule has 0 saturated carbocycles. The highest BCUT2D eigenvalue weighted by molar-refractivity contribution is 6.28. The van der Waals surface area contributed by atoms with Crippen LogP contribution in [0, 0.1) is 0 Å². The highest BCUT2D eigenvalue weighted by Crippen LogP contribution is 2.27. The average molecular weight is 379 g/mol. The predicted octanol–water partition coefficient (Wildman–Crippen LogP) is 0.183. The summed E-state index contributed by atoms with van der Waals surface area (Å²) in [5, 5.41) is 14.0. The van der Waals surface area contributed by atoms with Gasteiger partial charge < -0.3 is 25.0 Å². The largest absolute Gasteiger partial charge is 0.545 e. The maximum absolute atomic E-state index is 12.9. The van der Waals surface area contributed by atoms with Crippen molar-refractivity contribution in [2.75, 3.05) is 42.9 Å². The molecule has 2 aromatic rings. The maximum atomic E-state index is 12.9. The minimum absolute atomic E-state index is 0.0654. The van der Waals surface area contributed by atoms with E-state index in [1.165, 1.54) is 0 Å². The van der Waals surface area contributed by atoms with Gasteiger partial charge in [-0.15, -0.1) is 0 Å². The Morgan fingerprint density at radius 2 is 1.71 bits per heavy atom. The molecular formula is C22H25N3O3. The molecule has 0 atom stereocenters. The van der Waals surface area contributed by atoms with Crippen LogP contribution < -0.4 is 20.2 Å². The SMILES string of the molecule is CC[NH+]1CCN(c2ccccc2NC(=O)/C(=C\C(=O)[O-])c2ccccc2)CC1. The van der Waals surface area contributed by atoms with Gasteiger partial charge in [0.1, 0.15) is 0 Å². The summed E-state index contributed by atoms with van der Waals surface area (Å²) in [6.07, 6.45) is 0.844. The van der Waals surface area contributed by atoms with Crippen LogP contribution in [0.4, 0.5) is 11.4 Å². The van der Waals surface area contributed by atoms with Crippen molar-refractivity contribution in [1.29, 1.82) is 0 Å². The fourth-order valence-corrected chi connectivity index (χ4v) is 3.48. The van der Waals surface area contributed by atoms with Crippen LogP contribution in [0.25, 0.3) is 5.57 Å². The van der Waals surface area contributed by atoms with Gasteiger partial charge in [0.05, 0.1) is 50.1 Å². The van der Waals surface area contributed by atoms with Gasteiger partial charge in [-0.1, -0.05) is 42.5 Å². The number of amides is 1. The zero-order valence-electron chi connectivity index (χ0n) is 16.0. The van der Waals surface area contributed by atoms with Crippen LogP contribution in [-0.4, -0.2) is 44.6 Å². The Labute approximate surface area is 165 Å². The van der Waals surface area contributed by atoms with E-state index >= 15 is 0 Å². The molecule has 2 aromatic carbocycles. The standard InChI is InChI=1S/C22H25N3O3/c1-2-24-12-14-25(15-13-24)20-11-7-6-10-19(20)23-22(28)18(16-21(26)27)17-8-4-3-5-9-17/h3-11,16H,2,12-15H2,1H3,(H,23,28)(H,26,27)/b18-16-. The molecule has 1 aliphatic heterocycles. The lowest BCUT2D eigenvalue weighted by molar-refractivity contribution is -0.898. The highest BCUT2D eigenvalue weighted by atomic mass is 16.4. The Kier molecular flexibility index (Phi) is 6.45. The molecule has 0 bridgehead atoms. The van der Waals surface area contributed by atoms with Gasteiger partial charge in [-0.2, -0.15) is 0 Å². The van der Waals surface area contributed by atoms with Crippen molar-refractivity contribution >= 4 is 28.8 Å². The third-order valence-electron chi connectivity index (χ3n) is 5.06. The van der Waals surface area contributed by atoms with E-state index in [9.17, 15) is 14.7 Å². The van der Waals surface area contributed by atoms with Gasteiger partial charge in [-0.25, -0.2) is 0 Å². The minimum Gasteiger partial charge on any atom is -0.545 e. The molecule has 1 heterocycles. The monoisotopic (exact) mass is 379 g/mol. The summed E-state index contributed by atoms with van der Waals surface area (Å²) in [4.78, 5) is 27.9. The molecule has 0 radical (unpaired) electrons. The second kappa shape index (κ2) is 9.19. The van der Waals surface area contributed by atoms with Gasteiger partial charge in [0.2, 0.25) is 0 Å². The number of carboxylic acids is 1. The Hall–Kier alpha value is -3.12. The highest BCUT2D eigenvalue weighted by Gasteiger charge is 2.22. The Morgan fingerprint density at radius 3 is 2.36 bits per heavy atom. The number of anilines is 2. The lowest BCUT2D eigenvalue weighted by atomic mass is 10.0.